The van der Waals surface area contributed by atoms with E-state index in [0.717, 1.165) is 11.5 Å². The molecular formula is C12H15ClO3S. The van der Waals surface area contributed by atoms with E-state index < -0.39 is 6.10 Å². The van der Waals surface area contributed by atoms with Crippen molar-refractivity contribution in [1.29, 1.82) is 0 Å². The van der Waals surface area contributed by atoms with Crippen molar-refractivity contribution < 1.29 is 14.6 Å². The van der Waals surface area contributed by atoms with Crippen LogP contribution in [-0.4, -0.2) is 36.4 Å². The van der Waals surface area contributed by atoms with Crippen LogP contribution in [-0.2, 0) is 4.74 Å². The molecule has 1 aliphatic heterocycles. The molecule has 2 atom stereocenters. The molecule has 2 rings (SSSR count). The molecule has 17 heavy (non-hydrogen) atoms. The highest BCUT2D eigenvalue weighted by Crippen LogP contribution is 2.33. The summed E-state index contributed by atoms with van der Waals surface area (Å²) in [5.74, 6) is 2.41. The fourth-order valence-electron chi connectivity index (χ4n) is 1.82. The SMILES string of the molecule is COc1ccc(Cl)cc1C(O)C1CSCCO1. The molecule has 0 spiro atoms. The third-order valence-electron chi connectivity index (χ3n) is 2.70. The molecule has 1 aliphatic rings. The molecule has 1 aromatic carbocycles. The van der Waals surface area contributed by atoms with E-state index in [1.54, 1.807) is 37.1 Å². The van der Waals surface area contributed by atoms with Crippen LogP contribution < -0.4 is 4.74 Å². The fourth-order valence-corrected chi connectivity index (χ4v) is 2.90. The van der Waals surface area contributed by atoms with Gasteiger partial charge in [-0.2, -0.15) is 11.8 Å². The molecule has 5 heteroatoms. The van der Waals surface area contributed by atoms with E-state index in [0.29, 0.717) is 22.9 Å². The predicted octanol–water partition coefficient (Wildman–Crippen LogP) is 2.51. The van der Waals surface area contributed by atoms with Gasteiger partial charge in [0.1, 0.15) is 11.9 Å². The lowest BCUT2D eigenvalue weighted by molar-refractivity contribution is -0.0236. The lowest BCUT2D eigenvalue weighted by Gasteiger charge is -2.27. The summed E-state index contributed by atoms with van der Waals surface area (Å²) in [6.45, 7) is 0.676. The van der Waals surface area contributed by atoms with E-state index in [-0.39, 0.29) is 6.10 Å². The Balaban J connectivity index is 2.21. The first-order chi connectivity index (χ1) is 8.22. The Kier molecular flexibility index (Phi) is 4.56. The number of methoxy groups -OCH3 is 1. The average molecular weight is 275 g/mol. The normalized spacial score (nSPS) is 22.2. The summed E-state index contributed by atoms with van der Waals surface area (Å²) in [6, 6.07) is 5.23. The van der Waals surface area contributed by atoms with Gasteiger partial charge in [0.2, 0.25) is 0 Å². The Labute approximate surface area is 110 Å². The smallest absolute Gasteiger partial charge is 0.124 e. The third-order valence-corrected chi connectivity index (χ3v) is 3.96. The average Bonchev–Trinajstić information content (AvgIpc) is 2.39. The monoisotopic (exact) mass is 274 g/mol. The molecule has 1 aromatic rings. The summed E-state index contributed by atoms with van der Waals surface area (Å²) < 4.78 is 10.8. The summed E-state index contributed by atoms with van der Waals surface area (Å²) in [4.78, 5) is 0. The number of thioether (sulfide) groups is 1. The summed E-state index contributed by atoms with van der Waals surface area (Å²) >= 11 is 7.73. The van der Waals surface area contributed by atoms with Crippen molar-refractivity contribution in [3.63, 3.8) is 0 Å². The van der Waals surface area contributed by atoms with Crippen molar-refractivity contribution in [3.8, 4) is 5.75 Å². The maximum absolute atomic E-state index is 10.3. The van der Waals surface area contributed by atoms with Crippen LogP contribution in [0.5, 0.6) is 5.75 Å². The van der Waals surface area contributed by atoms with E-state index in [4.69, 9.17) is 21.1 Å². The number of aliphatic hydroxyl groups is 1. The molecule has 3 nitrogen and oxygen atoms in total. The van der Waals surface area contributed by atoms with Gasteiger partial charge in [-0.3, -0.25) is 0 Å². The molecule has 0 radical (unpaired) electrons. The van der Waals surface area contributed by atoms with Crippen LogP contribution in [0.25, 0.3) is 0 Å². The molecular weight excluding hydrogens is 260 g/mol. The van der Waals surface area contributed by atoms with Gasteiger partial charge in [-0.15, -0.1) is 0 Å². The molecule has 94 valence electrons. The number of benzene rings is 1. The van der Waals surface area contributed by atoms with Crippen LogP contribution in [0.15, 0.2) is 18.2 Å². The van der Waals surface area contributed by atoms with Gasteiger partial charge in [0.25, 0.3) is 0 Å². The largest absolute Gasteiger partial charge is 0.496 e. The van der Waals surface area contributed by atoms with E-state index in [1.165, 1.54) is 0 Å². The van der Waals surface area contributed by atoms with Gasteiger partial charge in [0.05, 0.1) is 19.8 Å². The van der Waals surface area contributed by atoms with Crippen LogP contribution in [0.4, 0.5) is 0 Å². The molecule has 0 amide bonds. The molecule has 1 N–H and O–H groups in total. The zero-order valence-corrected chi connectivity index (χ0v) is 11.1. The van der Waals surface area contributed by atoms with Crippen molar-refractivity contribution >= 4 is 23.4 Å². The standard InChI is InChI=1S/C12H15ClO3S/c1-15-10-3-2-8(13)6-9(10)12(14)11-7-17-5-4-16-11/h2-3,6,11-12,14H,4-5,7H2,1H3. The predicted molar refractivity (Wildman–Crippen MR) is 70.0 cm³/mol. The quantitative estimate of drug-likeness (QED) is 0.919. The molecule has 0 aliphatic carbocycles. The van der Waals surface area contributed by atoms with Crippen molar-refractivity contribution in [3.05, 3.63) is 28.8 Å². The topological polar surface area (TPSA) is 38.7 Å². The summed E-state index contributed by atoms with van der Waals surface area (Å²) in [5.41, 5.74) is 0.688. The zero-order valence-electron chi connectivity index (χ0n) is 9.56. The molecule has 0 bridgehead atoms. The minimum Gasteiger partial charge on any atom is -0.496 e. The van der Waals surface area contributed by atoms with Crippen LogP contribution in [0.2, 0.25) is 5.02 Å². The first-order valence-corrected chi connectivity index (χ1v) is 6.96. The Bertz CT molecular complexity index is 380. The minimum atomic E-state index is -0.698. The highest BCUT2D eigenvalue weighted by molar-refractivity contribution is 7.99. The van der Waals surface area contributed by atoms with Crippen LogP contribution in [0, 0.1) is 0 Å². The zero-order chi connectivity index (χ0) is 12.3. The van der Waals surface area contributed by atoms with Gasteiger partial charge in [-0.1, -0.05) is 11.6 Å². The Morgan fingerprint density at radius 1 is 1.59 bits per heavy atom. The Morgan fingerprint density at radius 2 is 2.41 bits per heavy atom. The molecule has 2 unspecified atom stereocenters. The second-order valence-electron chi connectivity index (χ2n) is 3.82. The summed E-state index contributed by atoms with van der Waals surface area (Å²) in [7, 11) is 1.58. The summed E-state index contributed by atoms with van der Waals surface area (Å²) in [5, 5.41) is 10.9. The van der Waals surface area contributed by atoms with Crippen molar-refractivity contribution in [1.82, 2.24) is 0 Å². The van der Waals surface area contributed by atoms with Crippen molar-refractivity contribution in [2.75, 3.05) is 25.2 Å². The number of ether oxygens (including phenoxy) is 2. The van der Waals surface area contributed by atoms with Crippen molar-refractivity contribution in [2.24, 2.45) is 0 Å². The van der Waals surface area contributed by atoms with Gasteiger partial charge in [-0.25, -0.2) is 0 Å². The van der Waals surface area contributed by atoms with Gasteiger partial charge in [-0.05, 0) is 18.2 Å². The number of hydrogen-bond acceptors (Lipinski definition) is 4. The van der Waals surface area contributed by atoms with Crippen LogP contribution in [0.1, 0.15) is 11.7 Å². The molecule has 1 saturated heterocycles. The molecule has 0 aromatic heterocycles. The fraction of sp³-hybridized carbons (Fsp3) is 0.500. The number of hydrogen-bond donors (Lipinski definition) is 1. The highest BCUT2D eigenvalue weighted by atomic mass is 35.5. The Morgan fingerprint density at radius 3 is 3.06 bits per heavy atom. The molecule has 1 heterocycles. The minimum absolute atomic E-state index is 0.193. The van der Waals surface area contributed by atoms with Gasteiger partial charge in [0.15, 0.2) is 0 Å². The Hall–Kier alpha value is -0.420. The number of rotatable bonds is 3. The van der Waals surface area contributed by atoms with E-state index in [2.05, 4.69) is 0 Å². The number of aliphatic hydroxyl groups excluding tert-OH is 1. The molecule has 0 saturated carbocycles. The lowest BCUT2D eigenvalue weighted by Crippen LogP contribution is -2.29. The van der Waals surface area contributed by atoms with Crippen LogP contribution >= 0.6 is 23.4 Å². The summed E-state index contributed by atoms with van der Waals surface area (Å²) in [6.07, 6.45) is -0.891. The van der Waals surface area contributed by atoms with Gasteiger partial charge in [0, 0.05) is 22.1 Å². The van der Waals surface area contributed by atoms with Crippen LogP contribution in [0.3, 0.4) is 0 Å². The van der Waals surface area contributed by atoms with Gasteiger partial charge >= 0.3 is 0 Å². The molecule has 1 fully saturated rings. The van der Waals surface area contributed by atoms with E-state index in [9.17, 15) is 5.11 Å². The first kappa shape index (κ1) is 13.0. The second kappa shape index (κ2) is 5.96. The lowest BCUT2D eigenvalue weighted by atomic mass is 10.0. The highest BCUT2D eigenvalue weighted by Gasteiger charge is 2.26. The van der Waals surface area contributed by atoms with E-state index >= 15 is 0 Å². The maximum atomic E-state index is 10.3. The van der Waals surface area contributed by atoms with Crippen molar-refractivity contribution in [2.45, 2.75) is 12.2 Å². The second-order valence-corrected chi connectivity index (χ2v) is 5.40. The van der Waals surface area contributed by atoms with E-state index in [1.807, 2.05) is 0 Å². The first-order valence-electron chi connectivity index (χ1n) is 5.43. The number of halogens is 1. The maximum Gasteiger partial charge on any atom is 0.124 e. The van der Waals surface area contributed by atoms with Gasteiger partial charge < -0.3 is 14.6 Å². The third kappa shape index (κ3) is 3.07.